The van der Waals surface area contributed by atoms with Crippen molar-refractivity contribution in [3.05, 3.63) is 59.9 Å². The molecule has 106 valence electrons. The fraction of sp³-hybridized carbons (Fsp3) is 0.125. The Morgan fingerprint density at radius 1 is 1.24 bits per heavy atom. The van der Waals surface area contributed by atoms with Gasteiger partial charge in [-0.05, 0) is 31.2 Å². The number of halogens is 1. The first-order valence-corrected chi connectivity index (χ1v) is 6.33. The Labute approximate surface area is 121 Å². The summed E-state index contributed by atoms with van der Waals surface area (Å²) in [5.41, 5.74) is 0.748. The van der Waals surface area contributed by atoms with Crippen LogP contribution in [0.5, 0.6) is 5.75 Å². The first-order chi connectivity index (χ1) is 10.1. The molecule has 0 aliphatic heterocycles. The van der Waals surface area contributed by atoms with Crippen molar-refractivity contribution in [2.75, 3.05) is 5.32 Å². The zero-order chi connectivity index (χ0) is 15.2. The number of para-hydroxylation sites is 2. The van der Waals surface area contributed by atoms with Gasteiger partial charge < -0.3 is 10.1 Å². The molecule has 0 aromatic heterocycles. The van der Waals surface area contributed by atoms with Gasteiger partial charge in [-0.3, -0.25) is 4.79 Å². The van der Waals surface area contributed by atoms with Crippen molar-refractivity contribution in [1.29, 1.82) is 5.26 Å². The van der Waals surface area contributed by atoms with E-state index in [4.69, 9.17) is 10.00 Å². The molecule has 0 radical (unpaired) electrons. The van der Waals surface area contributed by atoms with Crippen LogP contribution in [0.25, 0.3) is 0 Å². The van der Waals surface area contributed by atoms with E-state index in [0.29, 0.717) is 11.3 Å². The molecule has 0 saturated heterocycles. The molecule has 1 N–H and O–H groups in total. The molecule has 2 rings (SSSR count). The van der Waals surface area contributed by atoms with E-state index in [1.54, 1.807) is 30.3 Å². The fourth-order valence-electron chi connectivity index (χ4n) is 1.71. The lowest BCUT2D eigenvalue weighted by atomic mass is 10.2. The van der Waals surface area contributed by atoms with Gasteiger partial charge in [0.1, 0.15) is 6.07 Å². The maximum Gasteiger partial charge on any atom is 0.265 e. The van der Waals surface area contributed by atoms with Crippen LogP contribution in [0.15, 0.2) is 48.5 Å². The summed E-state index contributed by atoms with van der Waals surface area (Å²) in [6.45, 7) is 1.51. The van der Waals surface area contributed by atoms with Gasteiger partial charge in [0, 0.05) is 0 Å². The predicted molar refractivity (Wildman–Crippen MR) is 76.3 cm³/mol. The van der Waals surface area contributed by atoms with E-state index in [9.17, 15) is 9.18 Å². The molecule has 1 atom stereocenters. The summed E-state index contributed by atoms with van der Waals surface area (Å²) in [4.78, 5) is 12.0. The Morgan fingerprint density at radius 3 is 2.62 bits per heavy atom. The molecule has 0 fully saturated rings. The maximum atomic E-state index is 13.5. The molecular formula is C16H13FN2O2. The normalized spacial score (nSPS) is 11.3. The highest BCUT2D eigenvalue weighted by molar-refractivity contribution is 5.95. The van der Waals surface area contributed by atoms with Crippen molar-refractivity contribution in [3.8, 4) is 11.8 Å². The van der Waals surface area contributed by atoms with E-state index >= 15 is 0 Å². The molecule has 1 amide bonds. The molecule has 21 heavy (non-hydrogen) atoms. The highest BCUT2D eigenvalue weighted by atomic mass is 19.1. The number of hydrogen-bond acceptors (Lipinski definition) is 3. The highest BCUT2D eigenvalue weighted by Crippen LogP contribution is 2.18. The van der Waals surface area contributed by atoms with E-state index in [0.717, 1.165) is 0 Å². The molecule has 0 aliphatic carbocycles. The summed E-state index contributed by atoms with van der Waals surface area (Å²) in [6.07, 6.45) is -0.895. The molecule has 0 aliphatic rings. The van der Waals surface area contributed by atoms with E-state index in [1.165, 1.54) is 25.1 Å². The lowest BCUT2D eigenvalue weighted by Gasteiger charge is -2.15. The van der Waals surface area contributed by atoms with Crippen LogP contribution in [0.2, 0.25) is 0 Å². The second kappa shape index (κ2) is 6.53. The average Bonchev–Trinajstić information content (AvgIpc) is 2.50. The number of hydrogen-bond donors (Lipinski definition) is 1. The van der Waals surface area contributed by atoms with Crippen LogP contribution < -0.4 is 10.1 Å². The van der Waals surface area contributed by atoms with Crippen LogP contribution in [-0.2, 0) is 4.79 Å². The fourth-order valence-corrected chi connectivity index (χ4v) is 1.71. The topological polar surface area (TPSA) is 62.1 Å². The summed E-state index contributed by atoms with van der Waals surface area (Å²) in [5.74, 6) is -0.982. The molecule has 5 heteroatoms. The van der Waals surface area contributed by atoms with Gasteiger partial charge in [0.05, 0.1) is 11.3 Å². The second-order valence-electron chi connectivity index (χ2n) is 4.34. The smallest absolute Gasteiger partial charge is 0.265 e. The lowest BCUT2D eigenvalue weighted by molar-refractivity contribution is -0.122. The van der Waals surface area contributed by atoms with E-state index in [1.807, 2.05) is 6.07 Å². The average molecular weight is 284 g/mol. The number of nitriles is 1. The van der Waals surface area contributed by atoms with Gasteiger partial charge >= 0.3 is 0 Å². The third-order valence-corrected chi connectivity index (χ3v) is 2.82. The molecule has 0 heterocycles. The molecule has 2 aromatic carbocycles. The van der Waals surface area contributed by atoms with Crippen LogP contribution in [0, 0.1) is 17.1 Å². The number of carbonyl (C=O) groups is 1. The van der Waals surface area contributed by atoms with Crippen molar-refractivity contribution in [2.45, 2.75) is 13.0 Å². The van der Waals surface area contributed by atoms with Gasteiger partial charge in [-0.25, -0.2) is 4.39 Å². The second-order valence-corrected chi connectivity index (χ2v) is 4.34. The number of anilines is 1. The Balaban J connectivity index is 2.07. The maximum absolute atomic E-state index is 13.5. The zero-order valence-electron chi connectivity index (χ0n) is 11.3. The molecule has 0 bridgehead atoms. The van der Waals surface area contributed by atoms with Crippen LogP contribution in [-0.4, -0.2) is 12.0 Å². The van der Waals surface area contributed by atoms with Gasteiger partial charge in [-0.2, -0.15) is 5.26 Å². The first-order valence-electron chi connectivity index (χ1n) is 6.33. The zero-order valence-corrected chi connectivity index (χ0v) is 11.3. The number of ether oxygens (including phenoxy) is 1. The summed E-state index contributed by atoms with van der Waals surface area (Å²) < 4.78 is 18.7. The number of nitrogens with one attached hydrogen (secondary N) is 1. The Bertz CT molecular complexity index is 695. The van der Waals surface area contributed by atoms with Crippen LogP contribution in [0.3, 0.4) is 0 Å². The summed E-state index contributed by atoms with van der Waals surface area (Å²) in [5, 5.41) is 11.6. The van der Waals surface area contributed by atoms with Crippen LogP contribution in [0.1, 0.15) is 12.5 Å². The van der Waals surface area contributed by atoms with Crippen molar-refractivity contribution in [2.24, 2.45) is 0 Å². The van der Waals surface area contributed by atoms with Crippen molar-refractivity contribution in [3.63, 3.8) is 0 Å². The minimum atomic E-state index is -0.895. The van der Waals surface area contributed by atoms with E-state index < -0.39 is 17.8 Å². The number of carbonyl (C=O) groups excluding carboxylic acids is 1. The van der Waals surface area contributed by atoms with Crippen molar-refractivity contribution >= 4 is 11.6 Å². The number of benzene rings is 2. The third-order valence-electron chi connectivity index (χ3n) is 2.82. The van der Waals surface area contributed by atoms with Gasteiger partial charge in [0.2, 0.25) is 0 Å². The number of amides is 1. The van der Waals surface area contributed by atoms with E-state index in [2.05, 4.69) is 5.32 Å². The van der Waals surface area contributed by atoms with Crippen molar-refractivity contribution < 1.29 is 13.9 Å². The monoisotopic (exact) mass is 284 g/mol. The van der Waals surface area contributed by atoms with Crippen LogP contribution >= 0.6 is 0 Å². The molecule has 0 spiro atoms. The Morgan fingerprint density at radius 2 is 1.90 bits per heavy atom. The lowest BCUT2D eigenvalue weighted by Crippen LogP contribution is -2.30. The molecular weight excluding hydrogens is 271 g/mol. The number of nitrogens with zero attached hydrogens (tertiary/aromatic N) is 1. The van der Waals surface area contributed by atoms with E-state index in [-0.39, 0.29) is 5.75 Å². The quantitative estimate of drug-likeness (QED) is 0.938. The Kier molecular flexibility index (Phi) is 4.52. The molecule has 2 aromatic rings. The largest absolute Gasteiger partial charge is 0.478 e. The summed E-state index contributed by atoms with van der Waals surface area (Å²) in [7, 11) is 0. The highest BCUT2D eigenvalue weighted by Gasteiger charge is 2.17. The molecule has 4 nitrogen and oxygen atoms in total. The number of rotatable bonds is 4. The summed E-state index contributed by atoms with van der Waals surface area (Å²) >= 11 is 0. The molecule has 0 unspecified atom stereocenters. The first kappa shape index (κ1) is 14.5. The standard InChI is InChI=1S/C16H13FN2O2/c1-11(21-15-9-5-3-7-13(15)17)16(20)19-14-8-4-2-6-12(14)10-18/h2-9,11H,1H3,(H,19,20)/t11-/m1/s1. The van der Waals surface area contributed by atoms with Crippen molar-refractivity contribution in [1.82, 2.24) is 0 Å². The minimum Gasteiger partial charge on any atom is -0.478 e. The Hall–Kier alpha value is -2.87. The SMILES string of the molecule is C[C@@H](Oc1ccccc1F)C(=O)Nc1ccccc1C#N. The molecule has 0 saturated carbocycles. The third kappa shape index (κ3) is 3.57. The van der Waals surface area contributed by atoms with Gasteiger partial charge in [-0.15, -0.1) is 0 Å². The minimum absolute atomic E-state index is 0.00807. The van der Waals surface area contributed by atoms with Gasteiger partial charge in [0.15, 0.2) is 17.7 Å². The predicted octanol–water partition coefficient (Wildman–Crippen LogP) is 3.10. The summed E-state index contributed by atoms with van der Waals surface area (Å²) in [6, 6.07) is 14.5. The van der Waals surface area contributed by atoms with Crippen LogP contribution in [0.4, 0.5) is 10.1 Å². The van der Waals surface area contributed by atoms with Gasteiger partial charge in [0.25, 0.3) is 5.91 Å². The van der Waals surface area contributed by atoms with Gasteiger partial charge in [-0.1, -0.05) is 24.3 Å².